The second-order valence-corrected chi connectivity index (χ2v) is 6.88. The van der Waals surface area contributed by atoms with E-state index in [-0.39, 0.29) is 12.6 Å². The van der Waals surface area contributed by atoms with Gasteiger partial charge in [-0.3, -0.25) is 0 Å². The first-order valence-electron chi connectivity index (χ1n) is 8.25. The van der Waals surface area contributed by atoms with Crippen LogP contribution in [-0.2, 0) is 0 Å². The largest absolute Gasteiger partial charge is 0.396 e. The normalized spacial score (nSPS) is 15.1. The summed E-state index contributed by atoms with van der Waals surface area (Å²) in [5, 5.41) is 12.9. The van der Waals surface area contributed by atoms with Crippen LogP contribution in [0.4, 0.5) is 11.4 Å². The second kappa shape index (κ2) is 7.84. The topological polar surface area (TPSA) is 35.5 Å². The number of para-hydroxylation sites is 1. The van der Waals surface area contributed by atoms with E-state index in [1.165, 1.54) is 17.7 Å². The van der Waals surface area contributed by atoms with Gasteiger partial charge in [0.2, 0.25) is 0 Å². The zero-order valence-electron chi connectivity index (χ0n) is 13.2. The van der Waals surface area contributed by atoms with E-state index >= 15 is 0 Å². The van der Waals surface area contributed by atoms with E-state index < -0.39 is 0 Å². The number of rotatable bonds is 7. The highest BCUT2D eigenvalue weighted by molar-refractivity contribution is 9.10. The van der Waals surface area contributed by atoms with Gasteiger partial charge in [0.05, 0.1) is 6.04 Å². The fourth-order valence-electron chi connectivity index (χ4n) is 2.98. The summed E-state index contributed by atoms with van der Waals surface area (Å²) in [6.45, 7) is 2.51. The van der Waals surface area contributed by atoms with Crippen molar-refractivity contribution in [3.8, 4) is 0 Å². The van der Waals surface area contributed by atoms with Crippen LogP contribution < -0.4 is 10.2 Å². The van der Waals surface area contributed by atoms with Gasteiger partial charge in [0.15, 0.2) is 0 Å². The Morgan fingerprint density at radius 3 is 2.48 bits per heavy atom. The zero-order chi connectivity index (χ0) is 16.1. The lowest BCUT2D eigenvalue weighted by Gasteiger charge is -2.36. The molecule has 0 aromatic heterocycles. The van der Waals surface area contributed by atoms with Crippen molar-refractivity contribution in [1.29, 1.82) is 0 Å². The lowest BCUT2D eigenvalue weighted by molar-refractivity contribution is 0.281. The Morgan fingerprint density at radius 2 is 1.83 bits per heavy atom. The van der Waals surface area contributed by atoms with Crippen LogP contribution in [0.1, 0.15) is 30.9 Å². The smallest absolute Gasteiger partial charge is 0.0535 e. The first kappa shape index (κ1) is 16.3. The summed E-state index contributed by atoms with van der Waals surface area (Å²) >= 11 is 3.48. The van der Waals surface area contributed by atoms with Crippen LogP contribution in [0.25, 0.3) is 0 Å². The molecule has 23 heavy (non-hydrogen) atoms. The highest BCUT2D eigenvalue weighted by atomic mass is 79.9. The van der Waals surface area contributed by atoms with Crippen LogP contribution in [0.3, 0.4) is 0 Å². The summed E-state index contributed by atoms with van der Waals surface area (Å²) in [5.41, 5.74) is 3.75. The maximum absolute atomic E-state index is 9.26. The van der Waals surface area contributed by atoms with Crippen LogP contribution in [0.15, 0.2) is 53.0 Å². The van der Waals surface area contributed by atoms with Crippen LogP contribution in [0.5, 0.6) is 0 Å². The lowest BCUT2D eigenvalue weighted by atomic mass is 9.97. The number of nitrogens with zero attached hydrogens (tertiary/aromatic N) is 1. The van der Waals surface area contributed by atoms with Gasteiger partial charge >= 0.3 is 0 Å². The lowest BCUT2D eigenvalue weighted by Crippen LogP contribution is -2.38. The van der Waals surface area contributed by atoms with Crippen molar-refractivity contribution < 1.29 is 5.11 Å². The van der Waals surface area contributed by atoms with Gasteiger partial charge in [-0.15, -0.1) is 0 Å². The molecule has 2 aromatic rings. The Bertz CT molecular complexity index is 626. The zero-order valence-corrected chi connectivity index (χ0v) is 14.8. The predicted molar refractivity (Wildman–Crippen MR) is 100 cm³/mol. The highest BCUT2D eigenvalue weighted by Crippen LogP contribution is 2.34. The first-order chi connectivity index (χ1) is 11.3. The molecule has 0 radical (unpaired) electrons. The molecule has 3 nitrogen and oxygen atoms in total. The molecule has 1 atom stereocenters. The Hall–Kier alpha value is -1.52. The number of nitrogens with one attached hydrogen (secondary N) is 1. The Balaban J connectivity index is 1.84. The second-order valence-electron chi connectivity index (χ2n) is 5.97. The third-order valence-corrected chi connectivity index (χ3v) is 4.87. The van der Waals surface area contributed by atoms with Crippen molar-refractivity contribution in [3.63, 3.8) is 0 Å². The molecule has 0 saturated carbocycles. The van der Waals surface area contributed by atoms with E-state index in [2.05, 4.69) is 62.5 Å². The van der Waals surface area contributed by atoms with E-state index in [4.69, 9.17) is 0 Å². The maximum Gasteiger partial charge on any atom is 0.0535 e. The van der Waals surface area contributed by atoms with Crippen molar-refractivity contribution in [2.75, 3.05) is 29.9 Å². The number of anilines is 2. The van der Waals surface area contributed by atoms with E-state index in [1.807, 2.05) is 12.1 Å². The minimum absolute atomic E-state index is 0.208. The van der Waals surface area contributed by atoms with Crippen molar-refractivity contribution in [3.05, 3.63) is 58.6 Å². The molecule has 1 fully saturated rings. The van der Waals surface area contributed by atoms with Crippen molar-refractivity contribution in [2.45, 2.75) is 25.3 Å². The minimum Gasteiger partial charge on any atom is -0.396 e. The molecule has 2 N–H and O–H groups in total. The number of hydrogen-bond acceptors (Lipinski definition) is 3. The van der Waals surface area contributed by atoms with Gasteiger partial charge < -0.3 is 15.3 Å². The van der Waals surface area contributed by atoms with E-state index in [0.29, 0.717) is 0 Å². The van der Waals surface area contributed by atoms with Gasteiger partial charge in [-0.2, -0.15) is 0 Å². The third-order valence-electron chi connectivity index (χ3n) is 4.34. The molecule has 1 aliphatic rings. The third kappa shape index (κ3) is 4.06. The van der Waals surface area contributed by atoms with Gasteiger partial charge in [-0.1, -0.05) is 34.1 Å². The van der Waals surface area contributed by atoms with Crippen molar-refractivity contribution in [2.24, 2.45) is 0 Å². The molecule has 0 aliphatic carbocycles. The highest BCUT2D eigenvalue weighted by Gasteiger charge is 2.21. The number of aliphatic hydroxyl groups is 1. The summed E-state index contributed by atoms with van der Waals surface area (Å²) in [5.74, 6) is 0. The Labute approximate surface area is 146 Å². The maximum atomic E-state index is 9.26. The van der Waals surface area contributed by atoms with Gasteiger partial charge in [-0.25, -0.2) is 0 Å². The number of aliphatic hydroxyl groups excluding tert-OH is 1. The number of hydrogen-bond donors (Lipinski definition) is 2. The Kier molecular flexibility index (Phi) is 5.57. The molecular formula is C19H23BrN2O. The molecule has 4 heteroatoms. The number of benzene rings is 2. The summed E-state index contributed by atoms with van der Waals surface area (Å²) in [6, 6.07) is 17.1. The quantitative estimate of drug-likeness (QED) is 0.743. The molecule has 1 aliphatic heterocycles. The monoisotopic (exact) mass is 374 g/mol. The van der Waals surface area contributed by atoms with Gasteiger partial charge in [0.25, 0.3) is 0 Å². The summed E-state index contributed by atoms with van der Waals surface area (Å²) in [6.07, 6.45) is 2.98. The predicted octanol–water partition coefficient (Wildman–Crippen LogP) is 4.58. The van der Waals surface area contributed by atoms with Crippen LogP contribution in [0.2, 0.25) is 0 Å². The molecule has 0 amide bonds. The van der Waals surface area contributed by atoms with Crippen molar-refractivity contribution in [1.82, 2.24) is 0 Å². The molecular weight excluding hydrogens is 352 g/mol. The molecule has 1 saturated heterocycles. The summed E-state index contributed by atoms with van der Waals surface area (Å²) in [4.78, 5) is 2.44. The molecule has 0 bridgehead atoms. The molecule has 122 valence electrons. The minimum atomic E-state index is 0.208. The SMILES string of the molecule is OCCCC(Nc1ccc(Br)cc1)c1ccccc1N1CCC1. The van der Waals surface area contributed by atoms with Gasteiger partial charge in [0, 0.05) is 35.5 Å². The fraction of sp³-hybridized carbons (Fsp3) is 0.368. The average Bonchev–Trinajstić information content (AvgIpc) is 2.52. The van der Waals surface area contributed by atoms with Crippen LogP contribution in [0, 0.1) is 0 Å². The van der Waals surface area contributed by atoms with Gasteiger partial charge in [-0.05, 0) is 55.2 Å². The Morgan fingerprint density at radius 1 is 1.09 bits per heavy atom. The standard InChI is InChI=1S/C19H23BrN2O/c20-15-8-10-16(11-9-15)21-18(6-3-14-23)17-5-1-2-7-19(17)22-12-4-13-22/h1-2,5,7-11,18,21,23H,3-4,6,12-14H2. The fourth-order valence-corrected chi connectivity index (χ4v) is 3.24. The molecule has 1 heterocycles. The first-order valence-corrected chi connectivity index (χ1v) is 9.04. The number of halogens is 1. The molecule has 0 spiro atoms. The van der Waals surface area contributed by atoms with E-state index in [0.717, 1.165) is 36.1 Å². The van der Waals surface area contributed by atoms with Crippen LogP contribution in [-0.4, -0.2) is 24.8 Å². The van der Waals surface area contributed by atoms with Gasteiger partial charge in [0.1, 0.15) is 0 Å². The summed E-state index contributed by atoms with van der Waals surface area (Å²) < 4.78 is 1.08. The van der Waals surface area contributed by atoms with E-state index in [9.17, 15) is 5.11 Å². The van der Waals surface area contributed by atoms with Crippen LogP contribution >= 0.6 is 15.9 Å². The molecule has 1 unspecified atom stereocenters. The molecule has 2 aromatic carbocycles. The average molecular weight is 375 g/mol. The van der Waals surface area contributed by atoms with Crippen molar-refractivity contribution >= 4 is 27.3 Å². The van der Waals surface area contributed by atoms with E-state index in [1.54, 1.807) is 0 Å². The summed E-state index contributed by atoms with van der Waals surface area (Å²) in [7, 11) is 0. The molecule has 3 rings (SSSR count).